The van der Waals surface area contributed by atoms with E-state index in [2.05, 4.69) is 13.0 Å². The van der Waals surface area contributed by atoms with Crippen LogP contribution in [0.25, 0.3) is 0 Å². The summed E-state index contributed by atoms with van der Waals surface area (Å²) in [7, 11) is 3.17. The number of aryl methyl sites for hydroxylation is 2. The van der Waals surface area contributed by atoms with Gasteiger partial charge in [0.1, 0.15) is 11.5 Å². The number of rotatable bonds is 3. The third kappa shape index (κ3) is 2.89. The summed E-state index contributed by atoms with van der Waals surface area (Å²) in [6, 6.07) is 11.6. The van der Waals surface area contributed by atoms with E-state index in [9.17, 15) is 4.79 Å². The minimum absolute atomic E-state index is 0.0504. The molecule has 120 valence electrons. The number of methoxy groups -OCH3 is 2. The molecular weight excluding hydrogens is 290 g/mol. The number of carbonyl (C=O) groups is 1. The van der Waals surface area contributed by atoms with Gasteiger partial charge in [-0.25, -0.2) is 0 Å². The molecule has 1 aliphatic heterocycles. The second-order valence-electron chi connectivity index (χ2n) is 5.76. The average molecular weight is 311 g/mol. The lowest BCUT2D eigenvalue weighted by atomic mass is 9.98. The van der Waals surface area contributed by atoms with Crippen molar-refractivity contribution in [1.82, 2.24) is 0 Å². The van der Waals surface area contributed by atoms with Gasteiger partial charge in [-0.3, -0.25) is 4.79 Å². The SMILES string of the molecule is COc1ccc(OC)c(C(=O)N2CCCc3cc(C)ccc32)c1. The summed E-state index contributed by atoms with van der Waals surface area (Å²) in [6.45, 7) is 2.79. The van der Waals surface area contributed by atoms with E-state index in [1.54, 1.807) is 32.4 Å². The van der Waals surface area contributed by atoms with Crippen LogP contribution in [-0.2, 0) is 6.42 Å². The van der Waals surface area contributed by atoms with E-state index in [0.717, 1.165) is 25.1 Å². The number of ether oxygens (including phenoxy) is 2. The molecule has 0 aliphatic carbocycles. The topological polar surface area (TPSA) is 38.8 Å². The molecule has 0 atom stereocenters. The smallest absolute Gasteiger partial charge is 0.262 e. The Labute approximate surface area is 136 Å². The number of hydrogen-bond donors (Lipinski definition) is 0. The first kappa shape index (κ1) is 15.4. The summed E-state index contributed by atoms with van der Waals surface area (Å²) in [5.41, 5.74) is 3.97. The summed E-state index contributed by atoms with van der Waals surface area (Å²) >= 11 is 0. The fourth-order valence-electron chi connectivity index (χ4n) is 3.06. The van der Waals surface area contributed by atoms with Gasteiger partial charge in [-0.2, -0.15) is 0 Å². The quantitative estimate of drug-likeness (QED) is 0.869. The van der Waals surface area contributed by atoms with Crippen molar-refractivity contribution >= 4 is 11.6 Å². The highest BCUT2D eigenvalue weighted by Gasteiger charge is 2.26. The molecule has 0 fully saturated rings. The third-order valence-corrected chi connectivity index (χ3v) is 4.24. The van der Waals surface area contributed by atoms with Crippen molar-refractivity contribution in [3.05, 3.63) is 53.1 Å². The molecule has 1 amide bonds. The lowest BCUT2D eigenvalue weighted by Crippen LogP contribution is -2.35. The predicted octanol–water partition coefficient (Wildman–Crippen LogP) is 3.61. The molecule has 0 radical (unpaired) electrons. The Morgan fingerprint density at radius 3 is 2.65 bits per heavy atom. The number of benzene rings is 2. The van der Waals surface area contributed by atoms with E-state index in [4.69, 9.17) is 9.47 Å². The van der Waals surface area contributed by atoms with Crippen LogP contribution in [0.4, 0.5) is 5.69 Å². The number of nitrogens with zero attached hydrogens (tertiary/aromatic N) is 1. The molecule has 1 aliphatic rings. The number of anilines is 1. The molecule has 2 aromatic carbocycles. The van der Waals surface area contributed by atoms with Crippen LogP contribution in [-0.4, -0.2) is 26.7 Å². The molecule has 3 rings (SSSR count). The summed E-state index contributed by atoms with van der Waals surface area (Å²) in [4.78, 5) is 14.9. The number of carbonyl (C=O) groups excluding carboxylic acids is 1. The van der Waals surface area contributed by atoms with Gasteiger partial charge in [0, 0.05) is 12.2 Å². The van der Waals surface area contributed by atoms with Crippen LogP contribution >= 0.6 is 0 Å². The number of hydrogen-bond acceptors (Lipinski definition) is 3. The zero-order valence-electron chi connectivity index (χ0n) is 13.8. The maximum atomic E-state index is 13.1. The van der Waals surface area contributed by atoms with Gasteiger partial charge in [-0.15, -0.1) is 0 Å². The van der Waals surface area contributed by atoms with Crippen molar-refractivity contribution in [1.29, 1.82) is 0 Å². The molecule has 2 aromatic rings. The second-order valence-corrected chi connectivity index (χ2v) is 5.76. The molecule has 0 unspecified atom stereocenters. The molecule has 4 nitrogen and oxygen atoms in total. The van der Waals surface area contributed by atoms with Crippen molar-refractivity contribution in [3.63, 3.8) is 0 Å². The first-order chi connectivity index (χ1) is 11.1. The van der Waals surface area contributed by atoms with E-state index >= 15 is 0 Å². The Kier molecular flexibility index (Phi) is 4.24. The van der Waals surface area contributed by atoms with E-state index in [1.807, 2.05) is 17.0 Å². The van der Waals surface area contributed by atoms with Gasteiger partial charge in [0.05, 0.1) is 19.8 Å². The molecule has 0 spiro atoms. The summed E-state index contributed by atoms with van der Waals surface area (Å²) in [5.74, 6) is 1.16. The molecule has 23 heavy (non-hydrogen) atoms. The zero-order chi connectivity index (χ0) is 16.4. The Hall–Kier alpha value is -2.49. The Balaban J connectivity index is 2.02. The van der Waals surface area contributed by atoms with Crippen molar-refractivity contribution < 1.29 is 14.3 Å². The Morgan fingerprint density at radius 1 is 1.09 bits per heavy atom. The van der Waals surface area contributed by atoms with Crippen LogP contribution in [0.15, 0.2) is 36.4 Å². The Bertz CT molecular complexity index is 739. The number of fused-ring (bicyclic) bond motifs is 1. The predicted molar refractivity (Wildman–Crippen MR) is 90.7 cm³/mol. The normalized spacial score (nSPS) is 13.4. The van der Waals surface area contributed by atoms with Crippen LogP contribution in [0.2, 0.25) is 0 Å². The molecule has 0 bridgehead atoms. The van der Waals surface area contributed by atoms with Crippen molar-refractivity contribution in [2.45, 2.75) is 19.8 Å². The van der Waals surface area contributed by atoms with Crippen LogP contribution in [0.5, 0.6) is 11.5 Å². The standard InChI is InChI=1S/C19H21NO3/c1-13-6-8-17-14(11-13)5-4-10-20(17)19(21)16-12-15(22-2)7-9-18(16)23-3/h6-9,11-12H,4-5,10H2,1-3H3. The highest BCUT2D eigenvalue weighted by atomic mass is 16.5. The first-order valence-electron chi connectivity index (χ1n) is 7.77. The molecule has 0 saturated carbocycles. The van der Waals surface area contributed by atoms with Crippen LogP contribution < -0.4 is 14.4 Å². The second kappa shape index (κ2) is 6.32. The van der Waals surface area contributed by atoms with Crippen molar-refractivity contribution in [2.24, 2.45) is 0 Å². The molecule has 4 heteroatoms. The van der Waals surface area contributed by atoms with Crippen LogP contribution in [0.3, 0.4) is 0 Å². The maximum absolute atomic E-state index is 13.1. The van der Waals surface area contributed by atoms with Gasteiger partial charge in [-0.05, 0) is 49.6 Å². The van der Waals surface area contributed by atoms with Crippen molar-refractivity contribution in [2.75, 3.05) is 25.7 Å². The zero-order valence-corrected chi connectivity index (χ0v) is 13.8. The maximum Gasteiger partial charge on any atom is 0.262 e. The van der Waals surface area contributed by atoms with E-state index in [0.29, 0.717) is 17.1 Å². The molecular formula is C19H21NO3. The fraction of sp³-hybridized carbons (Fsp3) is 0.316. The van der Waals surface area contributed by atoms with Gasteiger partial charge < -0.3 is 14.4 Å². The Morgan fingerprint density at radius 2 is 1.91 bits per heavy atom. The highest BCUT2D eigenvalue weighted by Crippen LogP contribution is 2.32. The minimum atomic E-state index is -0.0504. The molecule has 0 saturated heterocycles. The monoisotopic (exact) mass is 311 g/mol. The fourth-order valence-corrected chi connectivity index (χ4v) is 3.06. The van der Waals surface area contributed by atoms with E-state index in [1.165, 1.54) is 11.1 Å². The largest absolute Gasteiger partial charge is 0.497 e. The summed E-state index contributed by atoms with van der Waals surface area (Å²) in [6.07, 6.45) is 1.98. The highest BCUT2D eigenvalue weighted by molar-refractivity contribution is 6.08. The van der Waals surface area contributed by atoms with Crippen LogP contribution in [0, 0.1) is 6.92 Å². The summed E-state index contributed by atoms with van der Waals surface area (Å²) < 4.78 is 10.6. The lowest BCUT2D eigenvalue weighted by molar-refractivity contribution is 0.0982. The molecule has 0 N–H and O–H groups in total. The van der Waals surface area contributed by atoms with Crippen molar-refractivity contribution in [3.8, 4) is 11.5 Å². The van der Waals surface area contributed by atoms with E-state index < -0.39 is 0 Å². The lowest BCUT2D eigenvalue weighted by Gasteiger charge is -2.30. The first-order valence-corrected chi connectivity index (χ1v) is 7.77. The molecule has 0 aromatic heterocycles. The third-order valence-electron chi connectivity index (χ3n) is 4.24. The van der Waals surface area contributed by atoms with Gasteiger partial charge in [-0.1, -0.05) is 17.7 Å². The van der Waals surface area contributed by atoms with Gasteiger partial charge in [0.25, 0.3) is 5.91 Å². The average Bonchev–Trinajstić information content (AvgIpc) is 2.59. The summed E-state index contributed by atoms with van der Waals surface area (Å²) in [5, 5.41) is 0. The van der Waals surface area contributed by atoms with Gasteiger partial charge in [0.2, 0.25) is 0 Å². The van der Waals surface area contributed by atoms with Gasteiger partial charge >= 0.3 is 0 Å². The van der Waals surface area contributed by atoms with E-state index in [-0.39, 0.29) is 5.91 Å². The minimum Gasteiger partial charge on any atom is -0.497 e. The van der Waals surface area contributed by atoms with Gasteiger partial charge in [0.15, 0.2) is 0 Å². The van der Waals surface area contributed by atoms with Crippen LogP contribution in [0.1, 0.15) is 27.9 Å². The molecule has 1 heterocycles. The number of amides is 1.